The van der Waals surface area contributed by atoms with Gasteiger partial charge in [-0.05, 0) is 42.0 Å². The topological polar surface area (TPSA) is 76.5 Å². The Morgan fingerprint density at radius 3 is 2.37 bits per heavy atom. The van der Waals surface area contributed by atoms with E-state index in [1.807, 2.05) is 60.7 Å². The lowest BCUT2D eigenvalue weighted by Crippen LogP contribution is -2.29. The summed E-state index contributed by atoms with van der Waals surface area (Å²) in [6.45, 7) is 0. The Bertz CT molecular complexity index is 1480. The number of thiazole rings is 1. The van der Waals surface area contributed by atoms with Gasteiger partial charge in [-0.3, -0.25) is 0 Å². The van der Waals surface area contributed by atoms with Crippen LogP contribution >= 0.6 is 22.9 Å². The molecule has 0 spiro atoms. The summed E-state index contributed by atoms with van der Waals surface area (Å²) in [6, 6.07) is 19.2. The van der Waals surface area contributed by atoms with Gasteiger partial charge in [-0.25, -0.2) is 15.0 Å². The standard InChI is InChI=1S/C22H12ClN5OS/c23-13-9-7-12(8-10-13)21-25-18-17(15-5-3-11-29-15)27-28-20(19(18)26-21)22-24-14-4-1-2-6-16(14)30-22/h1-11,21H. The second-order valence-corrected chi connectivity index (χ2v) is 8.21. The summed E-state index contributed by atoms with van der Waals surface area (Å²) in [5.74, 6) is 0.602. The molecule has 0 saturated heterocycles. The Balaban J connectivity index is 1.59. The van der Waals surface area contributed by atoms with Crippen LogP contribution < -0.4 is 10.7 Å². The molecule has 8 heteroatoms. The first-order valence-electron chi connectivity index (χ1n) is 9.24. The van der Waals surface area contributed by atoms with Crippen molar-refractivity contribution in [2.24, 2.45) is 9.98 Å². The first kappa shape index (κ1) is 17.4. The molecule has 3 aromatic heterocycles. The molecule has 0 radical (unpaired) electrons. The van der Waals surface area contributed by atoms with Crippen molar-refractivity contribution in [3.05, 3.63) is 88.2 Å². The SMILES string of the molecule is Clc1ccc(C2N=c3c(-c4ccco4)nnc(-c4nc5ccccc5s4)c3=N2)cc1. The minimum Gasteiger partial charge on any atom is -0.463 e. The number of rotatable bonds is 3. The van der Waals surface area contributed by atoms with Crippen molar-refractivity contribution in [3.63, 3.8) is 0 Å². The molecular formula is C22H12ClN5OS. The summed E-state index contributed by atoms with van der Waals surface area (Å²) in [6.07, 6.45) is 1.21. The summed E-state index contributed by atoms with van der Waals surface area (Å²) in [7, 11) is 0. The minimum atomic E-state index is -0.398. The number of furan rings is 1. The van der Waals surface area contributed by atoms with Crippen LogP contribution in [0.1, 0.15) is 11.7 Å². The van der Waals surface area contributed by atoms with E-state index in [-0.39, 0.29) is 0 Å². The van der Waals surface area contributed by atoms with Crippen LogP contribution in [0.3, 0.4) is 0 Å². The average molecular weight is 430 g/mol. The third-order valence-corrected chi connectivity index (χ3v) is 6.14. The average Bonchev–Trinajstić information content (AvgIpc) is 3.52. The molecule has 30 heavy (non-hydrogen) atoms. The maximum Gasteiger partial charge on any atom is 0.166 e. The Morgan fingerprint density at radius 2 is 1.60 bits per heavy atom. The molecule has 0 N–H and O–H groups in total. The van der Waals surface area contributed by atoms with E-state index in [0.717, 1.165) is 20.8 Å². The van der Waals surface area contributed by atoms with Gasteiger partial charge in [0.15, 0.2) is 17.6 Å². The molecule has 6 rings (SSSR count). The number of nitrogens with zero attached hydrogens (tertiary/aromatic N) is 5. The maximum atomic E-state index is 6.04. The lowest BCUT2D eigenvalue weighted by Gasteiger charge is -2.03. The zero-order valence-corrected chi connectivity index (χ0v) is 16.9. The van der Waals surface area contributed by atoms with E-state index in [2.05, 4.69) is 10.2 Å². The zero-order chi connectivity index (χ0) is 20.1. The van der Waals surface area contributed by atoms with E-state index in [9.17, 15) is 0 Å². The Kier molecular flexibility index (Phi) is 3.97. The third kappa shape index (κ3) is 2.82. The maximum absolute atomic E-state index is 6.04. The van der Waals surface area contributed by atoms with Gasteiger partial charge in [0, 0.05) is 5.02 Å². The smallest absolute Gasteiger partial charge is 0.166 e. The molecule has 5 aromatic rings. The van der Waals surface area contributed by atoms with Crippen molar-refractivity contribution >= 4 is 33.2 Å². The van der Waals surface area contributed by atoms with E-state index in [1.54, 1.807) is 17.6 Å². The Hall–Kier alpha value is -3.42. The van der Waals surface area contributed by atoms with Crippen LogP contribution in [0.15, 0.2) is 81.3 Å². The molecule has 0 bridgehead atoms. The molecule has 1 atom stereocenters. The molecule has 2 aromatic carbocycles. The van der Waals surface area contributed by atoms with Crippen LogP contribution in [0.5, 0.6) is 0 Å². The lowest BCUT2D eigenvalue weighted by molar-refractivity contribution is 0.577. The van der Waals surface area contributed by atoms with Gasteiger partial charge in [-0.2, -0.15) is 0 Å². The fourth-order valence-electron chi connectivity index (χ4n) is 3.42. The third-order valence-electron chi connectivity index (χ3n) is 4.84. The van der Waals surface area contributed by atoms with Crippen molar-refractivity contribution in [3.8, 4) is 22.2 Å². The van der Waals surface area contributed by atoms with Gasteiger partial charge in [0.2, 0.25) is 0 Å². The highest BCUT2D eigenvalue weighted by Crippen LogP contribution is 2.29. The van der Waals surface area contributed by atoms with Crippen LogP contribution in [0.25, 0.3) is 32.4 Å². The van der Waals surface area contributed by atoms with Crippen molar-refractivity contribution < 1.29 is 4.42 Å². The van der Waals surface area contributed by atoms with E-state index < -0.39 is 6.17 Å². The molecule has 1 aliphatic heterocycles. The highest BCUT2D eigenvalue weighted by atomic mass is 35.5. The molecule has 6 nitrogen and oxygen atoms in total. The van der Waals surface area contributed by atoms with Gasteiger partial charge < -0.3 is 4.42 Å². The lowest BCUT2D eigenvalue weighted by atomic mass is 10.2. The van der Waals surface area contributed by atoms with Gasteiger partial charge in [-0.1, -0.05) is 35.9 Å². The predicted molar refractivity (Wildman–Crippen MR) is 115 cm³/mol. The summed E-state index contributed by atoms with van der Waals surface area (Å²) in [5.41, 5.74) is 3.06. The van der Waals surface area contributed by atoms with Crippen molar-refractivity contribution in [2.45, 2.75) is 6.17 Å². The van der Waals surface area contributed by atoms with Crippen LogP contribution in [0, 0.1) is 0 Å². The van der Waals surface area contributed by atoms with Gasteiger partial charge >= 0.3 is 0 Å². The van der Waals surface area contributed by atoms with Crippen LogP contribution in [-0.2, 0) is 0 Å². The van der Waals surface area contributed by atoms with Crippen molar-refractivity contribution in [2.75, 3.05) is 0 Å². The van der Waals surface area contributed by atoms with E-state index >= 15 is 0 Å². The number of para-hydroxylation sites is 1. The van der Waals surface area contributed by atoms with Crippen LogP contribution in [0.2, 0.25) is 5.02 Å². The molecule has 1 aliphatic rings. The second kappa shape index (κ2) is 6.83. The molecule has 0 fully saturated rings. The van der Waals surface area contributed by atoms with Gasteiger partial charge in [0.05, 0.1) is 16.5 Å². The number of aromatic nitrogens is 3. The molecule has 0 saturated carbocycles. The number of fused-ring (bicyclic) bond motifs is 2. The predicted octanol–water partition coefficient (Wildman–Crippen LogP) is 4.62. The number of benzene rings is 2. The minimum absolute atomic E-state index is 0.398. The molecule has 144 valence electrons. The highest BCUT2D eigenvalue weighted by molar-refractivity contribution is 7.21. The fraction of sp³-hybridized carbons (Fsp3) is 0.0455. The summed E-state index contributed by atoms with van der Waals surface area (Å²) >= 11 is 7.61. The quantitative estimate of drug-likeness (QED) is 0.419. The van der Waals surface area contributed by atoms with E-state index in [1.165, 1.54) is 0 Å². The largest absolute Gasteiger partial charge is 0.463 e. The van der Waals surface area contributed by atoms with Crippen LogP contribution in [-0.4, -0.2) is 15.2 Å². The molecule has 1 unspecified atom stereocenters. The number of hydrogen-bond donors (Lipinski definition) is 0. The number of halogens is 1. The van der Waals surface area contributed by atoms with Crippen LogP contribution in [0.4, 0.5) is 0 Å². The summed E-state index contributed by atoms with van der Waals surface area (Å²) < 4.78 is 6.65. The fourth-order valence-corrected chi connectivity index (χ4v) is 4.50. The molecule has 0 amide bonds. The first-order chi connectivity index (χ1) is 14.8. The molecular weight excluding hydrogens is 418 g/mol. The van der Waals surface area contributed by atoms with E-state index in [4.69, 9.17) is 31.0 Å². The number of hydrogen-bond acceptors (Lipinski definition) is 7. The molecule has 4 heterocycles. The van der Waals surface area contributed by atoms with Gasteiger partial charge in [0.1, 0.15) is 21.4 Å². The van der Waals surface area contributed by atoms with Crippen molar-refractivity contribution in [1.29, 1.82) is 0 Å². The van der Waals surface area contributed by atoms with Gasteiger partial charge in [-0.15, -0.1) is 21.5 Å². The highest BCUT2D eigenvalue weighted by Gasteiger charge is 2.23. The van der Waals surface area contributed by atoms with Gasteiger partial charge in [0.25, 0.3) is 0 Å². The molecule has 0 aliphatic carbocycles. The Labute approximate surface area is 179 Å². The second-order valence-electron chi connectivity index (χ2n) is 6.74. The zero-order valence-electron chi connectivity index (χ0n) is 15.4. The first-order valence-corrected chi connectivity index (χ1v) is 10.4. The normalized spacial score (nSPS) is 15.0. The van der Waals surface area contributed by atoms with Crippen molar-refractivity contribution in [1.82, 2.24) is 15.2 Å². The van der Waals surface area contributed by atoms with E-state index in [0.29, 0.717) is 32.9 Å². The summed E-state index contributed by atoms with van der Waals surface area (Å²) in [5, 5.41) is 11.7. The summed E-state index contributed by atoms with van der Waals surface area (Å²) in [4.78, 5) is 14.5. The Morgan fingerprint density at radius 1 is 0.833 bits per heavy atom. The monoisotopic (exact) mass is 429 g/mol.